The number of rotatable bonds is 6. The zero-order valence-corrected chi connectivity index (χ0v) is 13.5. The second-order valence-corrected chi connectivity index (χ2v) is 6.28. The second kappa shape index (κ2) is 7.38. The molecule has 122 valence electrons. The van der Waals surface area contributed by atoms with Gasteiger partial charge in [0.25, 0.3) is 0 Å². The maximum absolute atomic E-state index is 13.5. The summed E-state index contributed by atoms with van der Waals surface area (Å²) >= 11 is 0. The van der Waals surface area contributed by atoms with E-state index < -0.39 is 22.4 Å². The molecular formula is C15H16FN3O3S. The lowest BCUT2D eigenvalue weighted by molar-refractivity contribution is 0.103. The van der Waals surface area contributed by atoms with Gasteiger partial charge in [0.05, 0.1) is 23.0 Å². The molecule has 0 saturated carbocycles. The molecule has 0 saturated heterocycles. The minimum atomic E-state index is -1.37. The minimum absolute atomic E-state index is 0.0322. The number of hydrogen-bond acceptors (Lipinski definition) is 6. The molecule has 1 atom stereocenters. The normalized spacial score (nSPS) is 12.1. The van der Waals surface area contributed by atoms with Gasteiger partial charge in [-0.05, 0) is 17.7 Å². The molecule has 0 aliphatic heterocycles. The third-order valence-corrected chi connectivity index (χ3v) is 4.25. The van der Waals surface area contributed by atoms with E-state index in [9.17, 15) is 13.4 Å². The predicted octanol–water partition coefficient (Wildman–Crippen LogP) is 1.70. The van der Waals surface area contributed by atoms with Gasteiger partial charge in [0, 0.05) is 24.6 Å². The van der Waals surface area contributed by atoms with Crippen LogP contribution >= 0.6 is 0 Å². The first kappa shape index (κ1) is 17.2. The Kier molecular flexibility index (Phi) is 5.51. The van der Waals surface area contributed by atoms with Gasteiger partial charge in [-0.15, -0.1) is 0 Å². The van der Waals surface area contributed by atoms with E-state index in [2.05, 4.69) is 9.97 Å². The number of aromatic nitrogens is 2. The van der Waals surface area contributed by atoms with Crippen LogP contribution < -0.4 is 5.73 Å². The highest BCUT2D eigenvalue weighted by Gasteiger charge is 2.19. The Morgan fingerprint density at radius 2 is 2.13 bits per heavy atom. The number of nitrogens with two attached hydrogens (primary N) is 1. The van der Waals surface area contributed by atoms with Crippen LogP contribution in [0.2, 0.25) is 0 Å². The van der Waals surface area contributed by atoms with Crippen LogP contribution in [-0.2, 0) is 22.1 Å². The summed E-state index contributed by atoms with van der Waals surface area (Å²) in [5.41, 5.74) is 6.47. The molecule has 0 radical (unpaired) electrons. The molecule has 2 aromatic rings. The lowest BCUT2D eigenvalue weighted by atomic mass is 9.99. The van der Waals surface area contributed by atoms with Gasteiger partial charge >= 0.3 is 0 Å². The van der Waals surface area contributed by atoms with E-state index >= 15 is 0 Å². The lowest BCUT2D eigenvalue weighted by Crippen LogP contribution is -2.13. The predicted molar refractivity (Wildman–Crippen MR) is 83.9 cm³/mol. The molecule has 1 heterocycles. The molecule has 0 spiro atoms. The molecule has 0 fully saturated rings. The van der Waals surface area contributed by atoms with Gasteiger partial charge < -0.3 is 10.5 Å². The molecule has 1 aromatic carbocycles. The number of ketones is 1. The van der Waals surface area contributed by atoms with E-state index in [1.54, 1.807) is 6.92 Å². The Balaban J connectivity index is 2.45. The number of methoxy groups -OCH3 is 1. The number of hydrogen-bond donors (Lipinski definition) is 1. The maximum atomic E-state index is 13.5. The van der Waals surface area contributed by atoms with Crippen molar-refractivity contribution in [3.63, 3.8) is 0 Å². The van der Waals surface area contributed by atoms with E-state index in [0.717, 1.165) is 6.07 Å². The van der Waals surface area contributed by atoms with Crippen molar-refractivity contribution in [3.05, 3.63) is 46.9 Å². The molecule has 1 aromatic heterocycles. The van der Waals surface area contributed by atoms with E-state index in [4.69, 9.17) is 10.5 Å². The first-order valence-corrected chi connectivity index (χ1v) is 8.12. The Labute approximate surface area is 135 Å². The highest BCUT2D eigenvalue weighted by molar-refractivity contribution is 7.84. The summed E-state index contributed by atoms with van der Waals surface area (Å²) < 4.78 is 30.2. The monoisotopic (exact) mass is 337 g/mol. The van der Waals surface area contributed by atoms with Crippen molar-refractivity contribution in [3.8, 4) is 0 Å². The topological polar surface area (TPSA) is 95.2 Å². The van der Waals surface area contributed by atoms with Crippen molar-refractivity contribution >= 4 is 22.4 Å². The molecule has 1 unspecified atom stereocenters. The molecule has 0 amide bonds. The van der Waals surface area contributed by atoms with Gasteiger partial charge in [-0.3, -0.25) is 9.00 Å². The van der Waals surface area contributed by atoms with Gasteiger partial charge in [-0.2, -0.15) is 0 Å². The Morgan fingerprint density at radius 1 is 1.39 bits per heavy atom. The summed E-state index contributed by atoms with van der Waals surface area (Å²) in [4.78, 5) is 20.4. The summed E-state index contributed by atoms with van der Waals surface area (Å²) in [5.74, 6) is -0.803. The van der Waals surface area contributed by atoms with Crippen molar-refractivity contribution in [1.82, 2.24) is 9.97 Å². The van der Waals surface area contributed by atoms with Crippen LogP contribution in [0.5, 0.6) is 0 Å². The SMILES string of the molecule is CCS(=O)c1ncc(C(=O)c2cc(F)ccc2COC)c(N)n1. The zero-order chi connectivity index (χ0) is 17.0. The molecule has 2 N–H and O–H groups in total. The zero-order valence-electron chi connectivity index (χ0n) is 12.7. The Bertz CT molecular complexity index is 768. The molecular weight excluding hydrogens is 321 g/mol. The van der Waals surface area contributed by atoms with E-state index in [-0.39, 0.29) is 28.7 Å². The third-order valence-electron chi connectivity index (χ3n) is 3.12. The number of halogens is 1. The molecule has 23 heavy (non-hydrogen) atoms. The Hall–Kier alpha value is -2.19. The van der Waals surface area contributed by atoms with Gasteiger partial charge in [-0.25, -0.2) is 14.4 Å². The molecule has 0 bridgehead atoms. The van der Waals surface area contributed by atoms with E-state index in [1.807, 2.05) is 0 Å². The van der Waals surface area contributed by atoms with Crippen LogP contribution in [0.15, 0.2) is 29.6 Å². The van der Waals surface area contributed by atoms with Gasteiger partial charge in [0.1, 0.15) is 11.6 Å². The fourth-order valence-electron chi connectivity index (χ4n) is 1.98. The summed E-state index contributed by atoms with van der Waals surface area (Å²) in [6.45, 7) is 1.87. The van der Waals surface area contributed by atoms with E-state index in [0.29, 0.717) is 11.3 Å². The standard InChI is InChI=1S/C15H16FN3O3S/c1-3-23(21)15-18-7-12(14(17)19-15)13(20)11-6-10(16)5-4-9(11)8-22-2/h4-7H,3,8H2,1-2H3,(H2,17,18,19). The Morgan fingerprint density at radius 3 is 2.74 bits per heavy atom. The molecule has 8 heteroatoms. The molecule has 0 aliphatic rings. The average molecular weight is 337 g/mol. The quantitative estimate of drug-likeness (QED) is 0.637. The highest BCUT2D eigenvalue weighted by atomic mass is 32.2. The van der Waals surface area contributed by atoms with Crippen molar-refractivity contribution in [2.45, 2.75) is 18.7 Å². The number of ether oxygens (including phenoxy) is 1. The van der Waals surface area contributed by atoms with Crippen LogP contribution in [0.25, 0.3) is 0 Å². The highest BCUT2D eigenvalue weighted by Crippen LogP contribution is 2.20. The summed E-state index contributed by atoms with van der Waals surface area (Å²) in [7, 11) is 0.105. The van der Waals surface area contributed by atoms with Crippen molar-refractivity contribution < 1.29 is 18.1 Å². The number of carbonyl (C=O) groups is 1. The number of anilines is 1. The van der Waals surface area contributed by atoms with Crippen LogP contribution in [-0.4, -0.2) is 32.8 Å². The number of benzene rings is 1. The number of nitrogens with zero attached hydrogens (tertiary/aromatic N) is 2. The molecule has 0 aliphatic carbocycles. The fraction of sp³-hybridized carbons (Fsp3) is 0.267. The summed E-state index contributed by atoms with van der Waals surface area (Å²) in [5, 5.41) is 0.0675. The van der Waals surface area contributed by atoms with Gasteiger partial charge in [-0.1, -0.05) is 13.0 Å². The van der Waals surface area contributed by atoms with Crippen molar-refractivity contribution in [2.24, 2.45) is 0 Å². The fourth-order valence-corrected chi connectivity index (χ4v) is 2.61. The van der Waals surface area contributed by atoms with Crippen molar-refractivity contribution in [1.29, 1.82) is 0 Å². The largest absolute Gasteiger partial charge is 0.383 e. The number of carbonyl (C=O) groups excluding carboxylic acids is 1. The molecule has 6 nitrogen and oxygen atoms in total. The van der Waals surface area contributed by atoms with Crippen LogP contribution in [0.4, 0.5) is 10.2 Å². The summed E-state index contributed by atoms with van der Waals surface area (Å²) in [6.07, 6.45) is 1.22. The molecule has 2 rings (SSSR count). The summed E-state index contributed by atoms with van der Waals surface area (Å²) in [6, 6.07) is 3.84. The van der Waals surface area contributed by atoms with Crippen LogP contribution in [0.1, 0.15) is 28.4 Å². The number of nitrogen functional groups attached to an aromatic ring is 1. The van der Waals surface area contributed by atoms with E-state index in [1.165, 1.54) is 25.4 Å². The van der Waals surface area contributed by atoms with Crippen molar-refractivity contribution in [2.75, 3.05) is 18.6 Å². The third kappa shape index (κ3) is 3.77. The first-order chi connectivity index (χ1) is 11.0. The van der Waals surface area contributed by atoms with Gasteiger partial charge in [0.15, 0.2) is 5.78 Å². The minimum Gasteiger partial charge on any atom is -0.383 e. The average Bonchev–Trinajstić information content (AvgIpc) is 2.55. The lowest BCUT2D eigenvalue weighted by Gasteiger charge is -2.10. The first-order valence-electron chi connectivity index (χ1n) is 6.80. The van der Waals surface area contributed by atoms with Crippen LogP contribution in [0, 0.1) is 5.82 Å². The van der Waals surface area contributed by atoms with Gasteiger partial charge in [0.2, 0.25) is 5.16 Å². The van der Waals surface area contributed by atoms with Crippen LogP contribution in [0.3, 0.4) is 0 Å². The second-order valence-electron chi connectivity index (χ2n) is 4.65. The maximum Gasteiger partial charge on any atom is 0.220 e. The smallest absolute Gasteiger partial charge is 0.220 e.